The molecule has 0 saturated carbocycles. The highest BCUT2D eigenvalue weighted by atomic mass is 15.3. The van der Waals surface area contributed by atoms with E-state index < -0.39 is 0 Å². The second-order valence-corrected chi connectivity index (χ2v) is 4.12. The lowest BCUT2D eigenvalue weighted by atomic mass is 10.0. The topological polar surface area (TPSA) is 42.7 Å². The van der Waals surface area contributed by atoms with Crippen molar-refractivity contribution in [3.05, 3.63) is 35.9 Å². The molecule has 2 aromatic rings. The first-order valence-electron chi connectivity index (χ1n) is 5.81. The Morgan fingerprint density at radius 3 is 2.65 bits per heavy atom. The fourth-order valence-corrected chi connectivity index (χ4v) is 1.99. The number of nitrogens with one attached hydrogen (secondary N) is 1. The zero-order valence-corrected chi connectivity index (χ0v) is 10.6. The highest BCUT2D eigenvalue weighted by Crippen LogP contribution is 2.26. The molecule has 0 saturated heterocycles. The monoisotopic (exact) mass is 230 g/mol. The number of aryl methyl sites for hydroxylation is 1. The van der Waals surface area contributed by atoms with E-state index in [0.717, 1.165) is 18.7 Å². The van der Waals surface area contributed by atoms with Crippen LogP contribution < -0.4 is 5.32 Å². The molecule has 0 spiro atoms. The van der Waals surface area contributed by atoms with E-state index in [-0.39, 0.29) is 0 Å². The zero-order chi connectivity index (χ0) is 12.3. The van der Waals surface area contributed by atoms with Gasteiger partial charge in [-0.2, -0.15) is 5.10 Å². The summed E-state index contributed by atoms with van der Waals surface area (Å²) in [6.45, 7) is 3.04. The van der Waals surface area contributed by atoms with Gasteiger partial charge in [0.15, 0.2) is 0 Å². The van der Waals surface area contributed by atoms with Crippen LogP contribution in [0.1, 0.15) is 11.4 Å². The van der Waals surface area contributed by atoms with Crippen molar-refractivity contribution in [3.63, 3.8) is 0 Å². The Balaban J connectivity index is 2.44. The minimum Gasteiger partial charge on any atom is -0.319 e. The van der Waals surface area contributed by atoms with E-state index in [4.69, 9.17) is 0 Å². The lowest BCUT2D eigenvalue weighted by Gasteiger charge is -2.03. The minimum atomic E-state index is 0.939. The second kappa shape index (κ2) is 5.10. The van der Waals surface area contributed by atoms with Crippen LogP contribution in [0, 0.1) is 6.92 Å². The molecule has 2 heterocycles. The predicted molar refractivity (Wildman–Crippen MR) is 68.8 cm³/mol. The molecule has 0 radical (unpaired) electrons. The minimum absolute atomic E-state index is 0.939. The molecule has 0 aliphatic heterocycles. The zero-order valence-electron chi connectivity index (χ0n) is 10.6. The molecule has 2 rings (SSSR count). The van der Waals surface area contributed by atoms with Crippen molar-refractivity contribution in [2.45, 2.75) is 13.3 Å². The van der Waals surface area contributed by atoms with Crippen LogP contribution in [-0.4, -0.2) is 28.4 Å². The number of hydrogen-bond acceptors (Lipinski definition) is 3. The van der Waals surface area contributed by atoms with E-state index in [1.165, 1.54) is 16.8 Å². The fourth-order valence-electron chi connectivity index (χ4n) is 1.99. The van der Waals surface area contributed by atoms with Crippen LogP contribution in [0.3, 0.4) is 0 Å². The van der Waals surface area contributed by atoms with Crippen LogP contribution in [0.4, 0.5) is 0 Å². The molecule has 0 aliphatic carbocycles. The fraction of sp³-hybridized carbons (Fsp3) is 0.385. The molecule has 4 nitrogen and oxygen atoms in total. The maximum absolute atomic E-state index is 4.58. The summed E-state index contributed by atoms with van der Waals surface area (Å²) in [7, 11) is 3.95. The summed E-state index contributed by atoms with van der Waals surface area (Å²) in [6.07, 6.45) is 4.59. The summed E-state index contributed by atoms with van der Waals surface area (Å²) in [5, 5.41) is 7.74. The lowest BCUT2D eigenvalue weighted by molar-refractivity contribution is 0.703. The van der Waals surface area contributed by atoms with Gasteiger partial charge in [0, 0.05) is 43.7 Å². The van der Waals surface area contributed by atoms with Gasteiger partial charge in [-0.3, -0.25) is 9.67 Å². The molecule has 0 fully saturated rings. The van der Waals surface area contributed by atoms with Gasteiger partial charge in [0.1, 0.15) is 0 Å². The standard InChI is InChI=1S/C13H18N4/c1-10-13(11-4-8-15-9-5-11)12(6-7-14-2)16-17(10)3/h4-5,8-9,14H,6-7H2,1-3H3. The van der Waals surface area contributed by atoms with Gasteiger partial charge in [-0.1, -0.05) is 0 Å². The smallest absolute Gasteiger partial charge is 0.0718 e. The van der Waals surface area contributed by atoms with Crippen LogP contribution >= 0.6 is 0 Å². The third-order valence-electron chi connectivity index (χ3n) is 2.99. The molecular formula is C13H18N4. The van der Waals surface area contributed by atoms with E-state index in [2.05, 4.69) is 22.3 Å². The number of pyridine rings is 1. The Morgan fingerprint density at radius 1 is 1.29 bits per heavy atom. The lowest BCUT2D eigenvalue weighted by Crippen LogP contribution is -2.11. The van der Waals surface area contributed by atoms with Crippen LogP contribution in [0.2, 0.25) is 0 Å². The van der Waals surface area contributed by atoms with Crippen molar-refractivity contribution < 1.29 is 0 Å². The van der Waals surface area contributed by atoms with Crippen LogP contribution in [0.5, 0.6) is 0 Å². The summed E-state index contributed by atoms with van der Waals surface area (Å²) in [5.74, 6) is 0. The summed E-state index contributed by atoms with van der Waals surface area (Å²) < 4.78 is 1.95. The Kier molecular flexibility index (Phi) is 3.54. The maximum atomic E-state index is 4.58. The van der Waals surface area contributed by atoms with Crippen LogP contribution in [0.15, 0.2) is 24.5 Å². The van der Waals surface area contributed by atoms with Gasteiger partial charge >= 0.3 is 0 Å². The third-order valence-corrected chi connectivity index (χ3v) is 2.99. The van der Waals surface area contributed by atoms with E-state index in [9.17, 15) is 0 Å². The summed E-state index contributed by atoms with van der Waals surface area (Å²) in [6, 6.07) is 4.07. The number of aromatic nitrogens is 3. The SMILES string of the molecule is CNCCc1nn(C)c(C)c1-c1ccncc1. The molecule has 17 heavy (non-hydrogen) atoms. The average molecular weight is 230 g/mol. The second-order valence-electron chi connectivity index (χ2n) is 4.12. The molecule has 90 valence electrons. The molecule has 0 aliphatic rings. The molecule has 2 aromatic heterocycles. The summed E-state index contributed by atoms with van der Waals surface area (Å²) >= 11 is 0. The molecule has 0 unspecified atom stereocenters. The highest BCUT2D eigenvalue weighted by molar-refractivity contribution is 5.68. The molecular weight excluding hydrogens is 212 g/mol. The van der Waals surface area contributed by atoms with Crippen molar-refractivity contribution in [2.24, 2.45) is 7.05 Å². The predicted octanol–water partition coefficient (Wildman–Crippen LogP) is 1.55. The quantitative estimate of drug-likeness (QED) is 0.866. The van der Waals surface area contributed by atoms with Gasteiger partial charge in [-0.25, -0.2) is 0 Å². The maximum Gasteiger partial charge on any atom is 0.0718 e. The van der Waals surface area contributed by atoms with Gasteiger partial charge in [0.25, 0.3) is 0 Å². The number of nitrogens with zero attached hydrogens (tertiary/aromatic N) is 3. The van der Waals surface area contributed by atoms with Crippen molar-refractivity contribution in [3.8, 4) is 11.1 Å². The number of likely N-dealkylation sites (N-methyl/N-ethyl adjacent to an activating group) is 1. The summed E-state index contributed by atoms with van der Waals surface area (Å²) in [4.78, 5) is 4.06. The molecule has 0 amide bonds. The molecule has 0 bridgehead atoms. The molecule has 4 heteroatoms. The van der Waals surface area contributed by atoms with Gasteiger partial charge in [-0.15, -0.1) is 0 Å². The number of hydrogen-bond donors (Lipinski definition) is 1. The third kappa shape index (κ3) is 2.36. The first-order valence-corrected chi connectivity index (χ1v) is 5.81. The Morgan fingerprint density at radius 2 is 2.00 bits per heavy atom. The van der Waals surface area contributed by atoms with Gasteiger partial charge in [-0.05, 0) is 31.7 Å². The van der Waals surface area contributed by atoms with Crippen LogP contribution in [0.25, 0.3) is 11.1 Å². The van der Waals surface area contributed by atoms with Gasteiger partial charge < -0.3 is 5.32 Å². The first kappa shape index (κ1) is 11.8. The molecule has 0 atom stereocenters. The van der Waals surface area contributed by atoms with Crippen molar-refractivity contribution in [2.75, 3.05) is 13.6 Å². The largest absolute Gasteiger partial charge is 0.319 e. The first-order chi connectivity index (χ1) is 8.24. The van der Waals surface area contributed by atoms with Gasteiger partial charge in [0.05, 0.1) is 5.69 Å². The van der Waals surface area contributed by atoms with E-state index in [0.29, 0.717) is 0 Å². The summed E-state index contributed by atoms with van der Waals surface area (Å²) in [5.41, 5.74) is 4.77. The van der Waals surface area contributed by atoms with E-state index in [1.54, 1.807) is 0 Å². The normalized spacial score (nSPS) is 10.8. The van der Waals surface area contributed by atoms with E-state index >= 15 is 0 Å². The van der Waals surface area contributed by atoms with E-state index in [1.807, 2.05) is 43.3 Å². The van der Waals surface area contributed by atoms with Crippen molar-refractivity contribution in [1.29, 1.82) is 0 Å². The Hall–Kier alpha value is -1.68. The molecule has 0 aromatic carbocycles. The Labute approximate surface area is 102 Å². The highest BCUT2D eigenvalue weighted by Gasteiger charge is 2.13. The van der Waals surface area contributed by atoms with Gasteiger partial charge in [0.2, 0.25) is 0 Å². The number of rotatable bonds is 4. The van der Waals surface area contributed by atoms with Crippen molar-refractivity contribution >= 4 is 0 Å². The molecule has 1 N–H and O–H groups in total. The van der Waals surface area contributed by atoms with Crippen molar-refractivity contribution in [1.82, 2.24) is 20.1 Å². The Bertz CT molecular complexity index is 488. The average Bonchev–Trinajstić information content (AvgIpc) is 2.64. The van der Waals surface area contributed by atoms with Crippen LogP contribution in [-0.2, 0) is 13.5 Å².